The third-order valence-electron chi connectivity index (χ3n) is 7.93. The number of allylic oxidation sites excluding steroid dienone is 2. The van der Waals surface area contributed by atoms with Crippen LogP contribution >= 0.6 is 15.9 Å². The van der Waals surface area contributed by atoms with Gasteiger partial charge in [-0.05, 0) is 44.5 Å². The Morgan fingerprint density at radius 3 is 2.32 bits per heavy atom. The molecule has 1 fully saturated rings. The van der Waals surface area contributed by atoms with Crippen molar-refractivity contribution in [3.63, 3.8) is 0 Å². The first-order chi connectivity index (χ1) is 17.7. The summed E-state index contributed by atoms with van der Waals surface area (Å²) < 4.78 is 0. The number of amides is 2. The summed E-state index contributed by atoms with van der Waals surface area (Å²) in [6.07, 6.45) is 0.352. The molecule has 13 heteroatoms. The first kappa shape index (κ1) is 28.0. The Labute approximate surface area is 227 Å². The number of hydrogen-bond acceptors (Lipinski definition) is 10. The van der Waals surface area contributed by atoms with Crippen molar-refractivity contribution < 1.29 is 39.6 Å². The summed E-state index contributed by atoms with van der Waals surface area (Å²) in [6.45, 7) is 0. The number of nitrogens with zero attached hydrogens (tertiary/aromatic N) is 2. The number of rotatable bonds is 5. The van der Waals surface area contributed by atoms with Crippen LogP contribution in [-0.4, -0.2) is 105 Å². The lowest BCUT2D eigenvalue weighted by molar-refractivity contribution is -0.138. The maximum absolute atomic E-state index is 13.9. The van der Waals surface area contributed by atoms with Crippen molar-refractivity contribution >= 4 is 39.3 Å². The van der Waals surface area contributed by atoms with Gasteiger partial charge in [0, 0.05) is 37.0 Å². The fourth-order valence-electron chi connectivity index (χ4n) is 6.33. The van der Waals surface area contributed by atoms with E-state index in [-0.39, 0.29) is 29.4 Å². The fraction of sp³-hybridized carbons (Fsp3) is 0.520. The third-order valence-corrected chi connectivity index (χ3v) is 8.44. The molecule has 38 heavy (non-hydrogen) atoms. The van der Waals surface area contributed by atoms with Crippen molar-refractivity contribution in [2.24, 2.45) is 23.5 Å². The lowest BCUT2D eigenvalue weighted by Gasteiger charge is -2.51. The molecule has 0 aromatic rings. The van der Waals surface area contributed by atoms with E-state index in [1.807, 2.05) is 0 Å². The molecule has 12 nitrogen and oxygen atoms in total. The van der Waals surface area contributed by atoms with Crippen LogP contribution in [0.2, 0.25) is 0 Å². The number of carbonyl (C=O) groups excluding carboxylic acids is 4. The van der Waals surface area contributed by atoms with E-state index in [0.29, 0.717) is 11.3 Å². The summed E-state index contributed by atoms with van der Waals surface area (Å²) in [5.74, 6) is -8.13. The second-order valence-corrected chi connectivity index (χ2v) is 11.1. The number of Topliss-reactive ketones (excluding diaryl/α,β-unsaturated/α-hetero) is 2. The van der Waals surface area contributed by atoms with Gasteiger partial charge in [0.15, 0.2) is 17.2 Å². The van der Waals surface area contributed by atoms with Gasteiger partial charge in [0.25, 0.3) is 5.91 Å². The van der Waals surface area contributed by atoms with Gasteiger partial charge >= 0.3 is 0 Å². The van der Waals surface area contributed by atoms with E-state index >= 15 is 0 Å². The van der Waals surface area contributed by atoms with Crippen molar-refractivity contribution in [2.75, 3.05) is 33.5 Å². The SMILES string of the molecule is CN(C)C1=C2CC3CC4[C@H](N(C)C)C(=O)C(C(N)=O)=C(O)[C@@]4(O)C(O)=C3C(=O)C2C(O)C(NC(=O)CBr)=C1. The zero-order valence-corrected chi connectivity index (χ0v) is 22.9. The Bertz CT molecular complexity index is 1270. The quantitative estimate of drug-likeness (QED) is 0.172. The number of halogens is 1. The molecule has 6 atom stereocenters. The van der Waals surface area contributed by atoms with E-state index < -0.39 is 76.0 Å². The van der Waals surface area contributed by atoms with Crippen LogP contribution in [0.5, 0.6) is 0 Å². The molecule has 4 aliphatic rings. The number of nitrogens with one attached hydrogen (secondary N) is 1. The maximum atomic E-state index is 13.9. The smallest absolute Gasteiger partial charge is 0.255 e. The van der Waals surface area contributed by atoms with Crippen LogP contribution < -0.4 is 11.1 Å². The molecule has 206 valence electrons. The van der Waals surface area contributed by atoms with Gasteiger partial charge < -0.3 is 36.4 Å². The predicted molar refractivity (Wildman–Crippen MR) is 137 cm³/mol. The molecule has 7 N–H and O–H groups in total. The van der Waals surface area contributed by atoms with Crippen LogP contribution in [0.25, 0.3) is 0 Å². The normalized spacial score (nSPS) is 33.1. The zero-order valence-electron chi connectivity index (χ0n) is 21.4. The van der Waals surface area contributed by atoms with Crippen LogP contribution in [-0.2, 0) is 19.2 Å². The summed E-state index contributed by atoms with van der Waals surface area (Å²) >= 11 is 3.05. The highest BCUT2D eigenvalue weighted by Gasteiger charge is 2.63. The first-order valence-electron chi connectivity index (χ1n) is 12.0. The van der Waals surface area contributed by atoms with Crippen LogP contribution in [0.3, 0.4) is 0 Å². The van der Waals surface area contributed by atoms with Crippen molar-refractivity contribution in [1.29, 1.82) is 0 Å². The Hall–Kier alpha value is -3.00. The van der Waals surface area contributed by atoms with Crippen LogP contribution in [0.4, 0.5) is 0 Å². The average Bonchev–Trinajstić information content (AvgIpc) is 2.82. The molecule has 4 unspecified atom stereocenters. The van der Waals surface area contributed by atoms with E-state index in [2.05, 4.69) is 21.2 Å². The number of aliphatic hydroxyl groups is 4. The highest BCUT2D eigenvalue weighted by atomic mass is 79.9. The number of nitrogens with two attached hydrogens (primary N) is 1. The van der Waals surface area contributed by atoms with Crippen molar-refractivity contribution in [2.45, 2.75) is 30.6 Å². The third kappa shape index (κ3) is 3.91. The molecule has 0 bridgehead atoms. The highest BCUT2D eigenvalue weighted by molar-refractivity contribution is 9.09. The topological polar surface area (TPSA) is 194 Å². The lowest BCUT2D eigenvalue weighted by Crippen LogP contribution is -2.63. The Morgan fingerprint density at radius 1 is 1.16 bits per heavy atom. The Kier molecular flexibility index (Phi) is 7.10. The number of alkyl halides is 1. The fourth-order valence-corrected chi connectivity index (χ4v) is 6.47. The molecule has 4 aliphatic carbocycles. The van der Waals surface area contributed by atoms with Gasteiger partial charge in [0.1, 0.15) is 23.2 Å². The van der Waals surface area contributed by atoms with E-state index in [9.17, 15) is 39.6 Å². The van der Waals surface area contributed by atoms with E-state index in [0.717, 1.165) is 0 Å². The highest BCUT2D eigenvalue weighted by Crippen LogP contribution is 2.55. The molecule has 0 saturated heterocycles. The number of likely N-dealkylation sites (N-methyl/N-ethyl adjacent to an activating group) is 2. The van der Waals surface area contributed by atoms with Gasteiger partial charge in [-0.15, -0.1) is 0 Å². The summed E-state index contributed by atoms with van der Waals surface area (Å²) in [5.41, 5.74) is 2.96. The van der Waals surface area contributed by atoms with Gasteiger partial charge in [0.2, 0.25) is 5.91 Å². The first-order valence-corrected chi connectivity index (χ1v) is 13.1. The minimum atomic E-state index is -2.62. The average molecular weight is 595 g/mol. The van der Waals surface area contributed by atoms with Crippen LogP contribution in [0, 0.1) is 17.8 Å². The molecular weight excluding hydrogens is 564 g/mol. The summed E-state index contributed by atoms with van der Waals surface area (Å²) in [5, 5.41) is 47.8. The van der Waals surface area contributed by atoms with Gasteiger partial charge in [-0.2, -0.15) is 0 Å². The maximum Gasteiger partial charge on any atom is 0.255 e. The number of primary amides is 1. The minimum Gasteiger partial charge on any atom is -0.508 e. The van der Waals surface area contributed by atoms with Gasteiger partial charge in [-0.3, -0.25) is 24.1 Å². The van der Waals surface area contributed by atoms with Crippen molar-refractivity contribution in [3.05, 3.63) is 45.7 Å². The van der Waals surface area contributed by atoms with E-state index in [4.69, 9.17) is 5.73 Å². The zero-order chi connectivity index (χ0) is 28.4. The predicted octanol–water partition coefficient (Wildman–Crippen LogP) is -0.850. The van der Waals surface area contributed by atoms with Crippen LogP contribution in [0.1, 0.15) is 12.8 Å². The minimum absolute atomic E-state index is 0.0102. The van der Waals surface area contributed by atoms with Crippen molar-refractivity contribution in [3.8, 4) is 0 Å². The summed E-state index contributed by atoms with van der Waals surface area (Å²) in [6, 6.07) is -1.12. The number of hydrogen-bond donors (Lipinski definition) is 6. The largest absolute Gasteiger partial charge is 0.508 e. The number of carbonyl (C=O) groups is 4. The summed E-state index contributed by atoms with van der Waals surface area (Å²) in [7, 11) is 6.61. The van der Waals surface area contributed by atoms with E-state index in [1.54, 1.807) is 39.2 Å². The Morgan fingerprint density at radius 2 is 1.79 bits per heavy atom. The second kappa shape index (κ2) is 9.63. The van der Waals surface area contributed by atoms with Crippen LogP contribution in [0.15, 0.2) is 45.7 Å². The monoisotopic (exact) mass is 594 g/mol. The molecule has 0 aromatic carbocycles. The molecule has 0 heterocycles. The van der Waals surface area contributed by atoms with E-state index in [1.165, 1.54) is 4.90 Å². The molecule has 0 aromatic heterocycles. The molecule has 1 saturated carbocycles. The number of fused-ring (bicyclic) bond motifs is 3. The molecular formula is C25H31BrN4O8. The number of aliphatic hydroxyl groups excluding tert-OH is 3. The van der Waals surface area contributed by atoms with Gasteiger partial charge in [-0.1, -0.05) is 15.9 Å². The van der Waals surface area contributed by atoms with Crippen molar-refractivity contribution in [1.82, 2.24) is 15.1 Å². The molecule has 0 aliphatic heterocycles. The molecule has 0 spiro atoms. The van der Waals surface area contributed by atoms with Gasteiger partial charge in [-0.25, -0.2) is 0 Å². The van der Waals surface area contributed by atoms with Gasteiger partial charge in [0.05, 0.1) is 17.3 Å². The number of ketones is 2. The molecule has 2 amide bonds. The summed E-state index contributed by atoms with van der Waals surface area (Å²) in [4.78, 5) is 54.5. The lowest BCUT2D eigenvalue weighted by atomic mass is 9.57. The molecule has 4 rings (SSSR count). The second-order valence-electron chi connectivity index (χ2n) is 10.5. The Balaban J connectivity index is 1.93. The standard InChI is InChI=1S/C25H31BrN4O8/c1-29(2)13-7-12(28-14(31)8-26)19(32)16-10(13)5-9-6-11-18(30(3)4)21(34)17(24(27)37)23(36)25(11,38)22(35)15(9)20(16)33/h7,9,11,16,18-19,32,35-36,38H,5-6,8H2,1-4H3,(H2,27,37)(H,28,31)/t9?,11?,16?,18-,19?,25-/m0/s1. The molecule has 0 radical (unpaired) electrons.